The maximum absolute atomic E-state index is 11.8. The average molecular weight is 283 g/mol. The first-order valence-electron chi connectivity index (χ1n) is 6.19. The third-order valence-corrected chi connectivity index (χ3v) is 3.46. The molecule has 0 fully saturated rings. The van der Waals surface area contributed by atoms with E-state index in [-0.39, 0.29) is 12.0 Å². The number of methoxy groups -OCH3 is 2. The molecule has 5 heteroatoms. The third-order valence-electron chi connectivity index (χ3n) is 2.76. The number of ether oxygens (including phenoxy) is 2. The third kappa shape index (κ3) is 5.03. The van der Waals surface area contributed by atoms with E-state index in [0.29, 0.717) is 0 Å². The number of thioether (sulfide) groups is 1. The van der Waals surface area contributed by atoms with Gasteiger partial charge in [-0.05, 0) is 37.0 Å². The van der Waals surface area contributed by atoms with E-state index in [4.69, 9.17) is 9.47 Å². The summed E-state index contributed by atoms with van der Waals surface area (Å²) < 4.78 is 10.1. The zero-order valence-corrected chi connectivity index (χ0v) is 12.5. The number of esters is 1. The molecule has 1 unspecified atom stereocenters. The molecule has 1 rings (SSSR count). The number of carbonyl (C=O) groups is 1. The number of para-hydroxylation sites is 2. The van der Waals surface area contributed by atoms with Crippen molar-refractivity contribution >= 4 is 23.4 Å². The molecule has 106 valence electrons. The lowest BCUT2D eigenvalue weighted by atomic mass is 10.1. The standard InChI is InChI=1S/C14H21NO3S/c1-17-13-9-5-4-7-11(13)15-12(14(16)18-2)8-6-10-19-3/h4-5,7,9,12,15H,6,8,10H2,1-3H3. The molecule has 0 saturated carbocycles. The predicted octanol–water partition coefficient (Wildman–Crippen LogP) is 2.79. The summed E-state index contributed by atoms with van der Waals surface area (Å²) in [7, 11) is 3.02. The van der Waals surface area contributed by atoms with Gasteiger partial charge in [-0.1, -0.05) is 12.1 Å². The van der Waals surface area contributed by atoms with Crippen molar-refractivity contribution in [3.63, 3.8) is 0 Å². The fraction of sp³-hybridized carbons (Fsp3) is 0.500. The molecule has 19 heavy (non-hydrogen) atoms. The second kappa shape index (κ2) is 8.69. The average Bonchev–Trinajstić information content (AvgIpc) is 2.46. The predicted molar refractivity (Wildman–Crippen MR) is 80.0 cm³/mol. The maximum atomic E-state index is 11.8. The molecule has 1 atom stereocenters. The highest BCUT2D eigenvalue weighted by molar-refractivity contribution is 7.98. The van der Waals surface area contributed by atoms with Crippen LogP contribution in [0.2, 0.25) is 0 Å². The lowest BCUT2D eigenvalue weighted by Crippen LogP contribution is -2.31. The minimum atomic E-state index is -0.339. The summed E-state index contributed by atoms with van der Waals surface area (Å²) in [5.41, 5.74) is 0.810. The van der Waals surface area contributed by atoms with Crippen molar-refractivity contribution in [1.82, 2.24) is 0 Å². The van der Waals surface area contributed by atoms with Gasteiger partial charge < -0.3 is 14.8 Å². The van der Waals surface area contributed by atoms with Gasteiger partial charge >= 0.3 is 5.97 Å². The number of rotatable bonds is 8. The summed E-state index contributed by atoms with van der Waals surface area (Å²) in [6, 6.07) is 7.21. The van der Waals surface area contributed by atoms with E-state index in [1.54, 1.807) is 18.9 Å². The van der Waals surface area contributed by atoms with Crippen LogP contribution < -0.4 is 10.1 Å². The summed E-state index contributed by atoms with van der Waals surface area (Å²) in [6.45, 7) is 0. The Morgan fingerprint density at radius 1 is 1.37 bits per heavy atom. The Morgan fingerprint density at radius 2 is 2.11 bits per heavy atom. The van der Waals surface area contributed by atoms with Crippen LogP contribution in [-0.2, 0) is 9.53 Å². The summed E-state index contributed by atoms with van der Waals surface area (Å²) in [6.07, 6.45) is 3.76. The minimum Gasteiger partial charge on any atom is -0.495 e. The van der Waals surface area contributed by atoms with E-state index in [0.717, 1.165) is 30.0 Å². The summed E-state index contributed by atoms with van der Waals surface area (Å²) in [5, 5.41) is 3.20. The highest BCUT2D eigenvalue weighted by atomic mass is 32.2. The number of anilines is 1. The van der Waals surface area contributed by atoms with Crippen LogP contribution in [0.15, 0.2) is 24.3 Å². The normalized spacial score (nSPS) is 11.7. The molecule has 0 aliphatic heterocycles. The molecule has 0 aromatic heterocycles. The molecule has 0 spiro atoms. The van der Waals surface area contributed by atoms with Gasteiger partial charge in [0.2, 0.25) is 0 Å². The zero-order valence-electron chi connectivity index (χ0n) is 11.6. The molecular formula is C14H21NO3S. The summed E-state index contributed by atoms with van der Waals surface area (Å²) >= 11 is 1.77. The number of hydrogen-bond acceptors (Lipinski definition) is 5. The van der Waals surface area contributed by atoms with E-state index in [1.807, 2.05) is 24.3 Å². The van der Waals surface area contributed by atoms with Gasteiger partial charge in [-0.15, -0.1) is 0 Å². The molecular weight excluding hydrogens is 262 g/mol. The monoisotopic (exact) mass is 283 g/mol. The summed E-state index contributed by atoms with van der Waals surface area (Å²) in [4.78, 5) is 11.8. The molecule has 1 N–H and O–H groups in total. The van der Waals surface area contributed by atoms with Crippen LogP contribution in [0.4, 0.5) is 5.69 Å². The van der Waals surface area contributed by atoms with Crippen LogP contribution in [0.25, 0.3) is 0 Å². The molecule has 0 aliphatic rings. The molecule has 0 saturated heterocycles. The van der Waals surface area contributed by atoms with E-state index in [9.17, 15) is 4.79 Å². The maximum Gasteiger partial charge on any atom is 0.328 e. The Labute approximate surface area is 118 Å². The lowest BCUT2D eigenvalue weighted by Gasteiger charge is -2.19. The number of hydrogen-bond donors (Lipinski definition) is 1. The van der Waals surface area contributed by atoms with Gasteiger partial charge in [-0.2, -0.15) is 11.8 Å². The first-order valence-corrected chi connectivity index (χ1v) is 7.58. The van der Waals surface area contributed by atoms with Crippen molar-refractivity contribution < 1.29 is 14.3 Å². The Morgan fingerprint density at radius 3 is 2.74 bits per heavy atom. The molecule has 0 bridgehead atoms. The topological polar surface area (TPSA) is 47.6 Å². The molecule has 1 aromatic carbocycles. The number of benzene rings is 1. The highest BCUT2D eigenvalue weighted by Gasteiger charge is 2.19. The fourth-order valence-electron chi connectivity index (χ4n) is 1.77. The molecule has 0 aliphatic carbocycles. The van der Waals surface area contributed by atoms with Gasteiger partial charge in [0.25, 0.3) is 0 Å². The van der Waals surface area contributed by atoms with Crippen LogP contribution in [-0.4, -0.2) is 38.2 Å². The van der Waals surface area contributed by atoms with Gasteiger partial charge in [0.1, 0.15) is 11.8 Å². The minimum absolute atomic E-state index is 0.244. The summed E-state index contributed by atoms with van der Waals surface area (Å²) in [5.74, 6) is 1.51. The van der Waals surface area contributed by atoms with Crippen LogP contribution in [0.3, 0.4) is 0 Å². The van der Waals surface area contributed by atoms with Crippen molar-refractivity contribution in [1.29, 1.82) is 0 Å². The van der Waals surface area contributed by atoms with Crippen molar-refractivity contribution in [2.75, 3.05) is 31.5 Å². The van der Waals surface area contributed by atoms with Crippen molar-refractivity contribution in [2.24, 2.45) is 0 Å². The first-order chi connectivity index (χ1) is 9.22. The Kier molecular flexibility index (Phi) is 7.18. The lowest BCUT2D eigenvalue weighted by molar-refractivity contribution is -0.141. The van der Waals surface area contributed by atoms with Gasteiger partial charge in [0, 0.05) is 0 Å². The van der Waals surface area contributed by atoms with Crippen LogP contribution in [0.1, 0.15) is 12.8 Å². The van der Waals surface area contributed by atoms with Crippen LogP contribution in [0.5, 0.6) is 5.75 Å². The fourth-order valence-corrected chi connectivity index (χ4v) is 2.23. The van der Waals surface area contributed by atoms with Crippen molar-refractivity contribution in [2.45, 2.75) is 18.9 Å². The van der Waals surface area contributed by atoms with E-state index >= 15 is 0 Å². The number of carbonyl (C=O) groups excluding carboxylic acids is 1. The van der Waals surface area contributed by atoms with E-state index < -0.39 is 0 Å². The smallest absolute Gasteiger partial charge is 0.328 e. The second-order valence-corrected chi connectivity index (χ2v) is 5.04. The van der Waals surface area contributed by atoms with Crippen LogP contribution in [0, 0.1) is 0 Å². The van der Waals surface area contributed by atoms with Crippen molar-refractivity contribution in [3.8, 4) is 5.75 Å². The number of nitrogens with one attached hydrogen (secondary N) is 1. The Balaban J connectivity index is 2.72. The van der Waals surface area contributed by atoms with E-state index in [1.165, 1.54) is 7.11 Å². The second-order valence-electron chi connectivity index (χ2n) is 4.06. The van der Waals surface area contributed by atoms with E-state index in [2.05, 4.69) is 11.6 Å². The zero-order chi connectivity index (χ0) is 14.1. The van der Waals surface area contributed by atoms with Crippen LogP contribution >= 0.6 is 11.8 Å². The highest BCUT2D eigenvalue weighted by Crippen LogP contribution is 2.24. The van der Waals surface area contributed by atoms with Gasteiger partial charge in [-0.25, -0.2) is 4.79 Å². The molecule has 0 heterocycles. The Bertz CT molecular complexity index is 398. The van der Waals surface area contributed by atoms with Gasteiger partial charge in [-0.3, -0.25) is 0 Å². The molecule has 1 aromatic rings. The SMILES string of the molecule is COC(=O)C(CCCSC)Nc1ccccc1OC. The Hall–Kier alpha value is -1.36. The van der Waals surface area contributed by atoms with Crippen molar-refractivity contribution in [3.05, 3.63) is 24.3 Å². The quantitative estimate of drug-likeness (QED) is 0.587. The molecule has 4 nitrogen and oxygen atoms in total. The first kappa shape index (κ1) is 15.7. The molecule has 0 amide bonds. The van der Waals surface area contributed by atoms with Gasteiger partial charge in [0.05, 0.1) is 19.9 Å². The molecule has 0 radical (unpaired) electrons. The largest absolute Gasteiger partial charge is 0.495 e. The van der Waals surface area contributed by atoms with Gasteiger partial charge in [0.15, 0.2) is 0 Å².